The van der Waals surface area contributed by atoms with E-state index < -0.39 is 5.97 Å². The molecule has 1 aromatic rings. The van der Waals surface area contributed by atoms with Crippen molar-refractivity contribution < 1.29 is 39.5 Å². The molecule has 2 N–H and O–H groups in total. The molecule has 0 spiro atoms. The maximum atomic E-state index is 10.4. The van der Waals surface area contributed by atoms with Crippen LogP contribution in [0.1, 0.15) is 10.4 Å². The van der Waals surface area contributed by atoms with Gasteiger partial charge in [-0.05, 0) is 12.1 Å². The van der Waals surface area contributed by atoms with Gasteiger partial charge in [-0.3, -0.25) is 0 Å². The average molecular weight is 228 g/mol. The Morgan fingerprint density at radius 2 is 1.77 bits per heavy atom. The fourth-order valence-electron chi connectivity index (χ4n) is 0.739. The molecule has 1 rings (SSSR count). The third-order valence-electron chi connectivity index (χ3n) is 1.31. The average Bonchev–Trinajstić information content (AvgIpc) is 1.96. The molecule has 0 aliphatic carbocycles. The number of halogens is 2. The topological polar surface area (TPSA) is 66.2 Å². The van der Waals surface area contributed by atoms with Gasteiger partial charge in [-0.1, -0.05) is 23.2 Å². The number of anilines is 1. The minimum Gasteiger partial charge on any atom is -0.545 e. The van der Waals surface area contributed by atoms with Gasteiger partial charge in [0.15, 0.2) is 0 Å². The van der Waals surface area contributed by atoms with Gasteiger partial charge in [0.2, 0.25) is 0 Å². The van der Waals surface area contributed by atoms with E-state index in [9.17, 15) is 9.90 Å². The first-order valence-corrected chi connectivity index (χ1v) is 3.74. The summed E-state index contributed by atoms with van der Waals surface area (Å²) in [4.78, 5) is 10.4. The normalized spacial score (nSPS) is 9.08. The summed E-state index contributed by atoms with van der Waals surface area (Å²) in [5.74, 6) is -1.37. The van der Waals surface area contributed by atoms with Crippen molar-refractivity contribution in [1.82, 2.24) is 0 Å². The minimum absolute atomic E-state index is 0. The fraction of sp³-hybridized carbons (Fsp3) is 0. The van der Waals surface area contributed by atoms with E-state index in [1.165, 1.54) is 6.07 Å². The number of hydrogen-bond acceptors (Lipinski definition) is 3. The summed E-state index contributed by atoms with van der Waals surface area (Å²) in [6.45, 7) is 0. The number of carbonyl (C=O) groups is 1. The molecule has 0 unspecified atom stereocenters. The van der Waals surface area contributed by atoms with Crippen molar-refractivity contribution in [3.8, 4) is 0 Å². The standard InChI is InChI=1S/C7H5Cl2NO2.Na/c8-4-1-3(7(11)12)6(10)2-5(4)9;/h1-2H,10H2,(H,11,12);/q;+1/p-1. The Morgan fingerprint density at radius 1 is 1.31 bits per heavy atom. The van der Waals surface area contributed by atoms with E-state index in [2.05, 4.69) is 0 Å². The second-order valence-corrected chi connectivity index (χ2v) is 2.96. The number of nitrogens with two attached hydrogens (primary N) is 1. The van der Waals surface area contributed by atoms with Crippen LogP contribution in [0.5, 0.6) is 0 Å². The molecular weight excluding hydrogens is 224 g/mol. The summed E-state index contributed by atoms with van der Waals surface area (Å²) in [5, 5.41) is 10.8. The molecule has 0 fully saturated rings. The van der Waals surface area contributed by atoms with Crippen molar-refractivity contribution in [3.05, 3.63) is 27.7 Å². The molecule has 0 aromatic heterocycles. The molecule has 0 aliphatic rings. The first-order chi connectivity index (χ1) is 5.52. The molecule has 3 nitrogen and oxygen atoms in total. The summed E-state index contributed by atoms with van der Waals surface area (Å²) >= 11 is 11.1. The molecule has 6 heteroatoms. The predicted molar refractivity (Wildman–Crippen MR) is 45.2 cm³/mol. The molecule has 0 amide bonds. The molecule has 0 saturated carbocycles. The minimum atomic E-state index is -1.37. The Bertz CT molecular complexity index is 344. The Morgan fingerprint density at radius 3 is 2.23 bits per heavy atom. The van der Waals surface area contributed by atoms with Gasteiger partial charge in [-0.2, -0.15) is 0 Å². The van der Waals surface area contributed by atoms with Gasteiger partial charge in [0, 0.05) is 11.3 Å². The summed E-state index contributed by atoms with van der Waals surface area (Å²) in [6, 6.07) is 2.43. The van der Waals surface area contributed by atoms with E-state index in [1.54, 1.807) is 0 Å². The summed E-state index contributed by atoms with van der Waals surface area (Å²) in [5.41, 5.74) is 5.22. The monoisotopic (exact) mass is 227 g/mol. The van der Waals surface area contributed by atoms with Gasteiger partial charge < -0.3 is 15.6 Å². The van der Waals surface area contributed by atoms with E-state index in [-0.39, 0.29) is 50.9 Å². The Balaban J connectivity index is 0.00000144. The number of nitrogen functional groups attached to an aromatic ring is 1. The maximum Gasteiger partial charge on any atom is 1.00 e. The maximum absolute atomic E-state index is 10.4. The third kappa shape index (κ3) is 3.04. The molecule has 0 aliphatic heterocycles. The Labute approximate surface area is 107 Å². The van der Waals surface area contributed by atoms with Gasteiger partial charge in [0.1, 0.15) is 0 Å². The number of rotatable bonds is 1. The van der Waals surface area contributed by atoms with E-state index >= 15 is 0 Å². The van der Waals surface area contributed by atoms with E-state index in [0.29, 0.717) is 0 Å². The second kappa shape index (κ2) is 5.08. The van der Waals surface area contributed by atoms with Crippen molar-refractivity contribution in [2.24, 2.45) is 0 Å². The number of benzene rings is 1. The van der Waals surface area contributed by atoms with Gasteiger partial charge in [-0.25, -0.2) is 0 Å². The first kappa shape index (κ1) is 13.1. The quantitative estimate of drug-likeness (QED) is 0.444. The second-order valence-electron chi connectivity index (χ2n) is 2.14. The molecule has 0 heterocycles. The van der Waals surface area contributed by atoms with E-state index in [1.807, 2.05) is 0 Å². The Hall–Kier alpha value is 0.0700. The summed E-state index contributed by atoms with van der Waals surface area (Å²) in [6.07, 6.45) is 0. The van der Waals surface area contributed by atoms with Crippen molar-refractivity contribution in [2.45, 2.75) is 0 Å². The van der Waals surface area contributed by atoms with Crippen molar-refractivity contribution in [2.75, 3.05) is 5.73 Å². The van der Waals surface area contributed by atoms with Crippen LogP contribution in [0.2, 0.25) is 10.0 Å². The van der Waals surface area contributed by atoms with Crippen LogP contribution in [0.15, 0.2) is 12.1 Å². The van der Waals surface area contributed by atoms with Crippen molar-refractivity contribution in [3.63, 3.8) is 0 Å². The molecule has 1 aromatic carbocycles. The van der Waals surface area contributed by atoms with Gasteiger partial charge in [-0.15, -0.1) is 0 Å². The zero-order valence-electron chi connectivity index (χ0n) is 6.80. The van der Waals surface area contributed by atoms with Crippen molar-refractivity contribution >= 4 is 34.9 Å². The van der Waals surface area contributed by atoms with Crippen LogP contribution in [0.4, 0.5) is 5.69 Å². The van der Waals surface area contributed by atoms with E-state index in [4.69, 9.17) is 28.9 Å². The fourth-order valence-corrected chi connectivity index (χ4v) is 1.07. The molecule has 0 atom stereocenters. The van der Waals surface area contributed by atoms with Crippen LogP contribution < -0.4 is 40.4 Å². The number of carboxylic acid groups (broad SMARTS) is 1. The number of hydrogen-bond donors (Lipinski definition) is 1. The van der Waals surface area contributed by atoms with Crippen LogP contribution >= 0.6 is 23.2 Å². The van der Waals surface area contributed by atoms with Gasteiger partial charge in [0.25, 0.3) is 0 Å². The van der Waals surface area contributed by atoms with Crippen LogP contribution in [0.3, 0.4) is 0 Å². The summed E-state index contributed by atoms with van der Waals surface area (Å²) < 4.78 is 0. The van der Waals surface area contributed by atoms with Crippen LogP contribution in [-0.4, -0.2) is 5.97 Å². The smallest absolute Gasteiger partial charge is 0.545 e. The van der Waals surface area contributed by atoms with Crippen LogP contribution in [-0.2, 0) is 0 Å². The first-order valence-electron chi connectivity index (χ1n) is 2.98. The predicted octanol–water partition coefficient (Wildman–Crippen LogP) is -2.06. The largest absolute Gasteiger partial charge is 1.00 e. The van der Waals surface area contributed by atoms with Crippen LogP contribution in [0, 0.1) is 0 Å². The van der Waals surface area contributed by atoms with Crippen LogP contribution in [0.25, 0.3) is 0 Å². The molecule has 0 saturated heterocycles. The third-order valence-corrected chi connectivity index (χ3v) is 2.03. The zero-order chi connectivity index (χ0) is 9.30. The molecule has 0 radical (unpaired) electrons. The molecule has 0 bridgehead atoms. The SMILES string of the molecule is Nc1cc(Cl)c(Cl)cc1C(=O)[O-].[Na+]. The Kier molecular flexibility index (Phi) is 5.10. The molecule has 13 heavy (non-hydrogen) atoms. The number of carboxylic acids is 1. The molecule has 64 valence electrons. The number of aromatic carboxylic acids is 1. The molecular formula is C7H4Cl2NNaO2. The zero-order valence-corrected chi connectivity index (χ0v) is 10.3. The summed E-state index contributed by atoms with van der Waals surface area (Å²) in [7, 11) is 0. The van der Waals surface area contributed by atoms with Crippen molar-refractivity contribution in [1.29, 1.82) is 0 Å². The number of carbonyl (C=O) groups excluding carboxylic acids is 1. The van der Waals surface area contributed by atoms with Gasteiger partial charge in [0.05, 0.1) is 16.0 Å². The van der Waals surface area contributed by atoms with E-state index in [0.717, 1.165) is 6.07 Å². The van der Waals surface area contributed by atoms with Gasteiger partial charge >= 0.3 is 29.6 Å².